The minimum Gasteiger partial charge on any atom is -0.355 e. The Balaban J connectivity index is 2.22. The summed E-state index contributed by atoms with van der Waals surface area (Å²) in [6.07, 6.45) is 2.06. The first kappa shape index (κ1) is 15.1. The number of carbonyl (C=O) groups is 1. The molecule has 0 aliphatic rings. The number of hydrogen-bond donors (Lipinski definition) is 2. The minimum absolute atomic E-state index is 0.0597. The molecule has 0 fully saturated rings. The third-order valence-corrected chi connectivity index (χ3v) is 3.22. The molecule has 1 rings (SSSR count). The van der Waals surface area contributed by atoms with Gasteiger partial charge in [0, 0.05) is 18.0 Å². The van der Waals surface area contributed by atoms with E-state index in [1.165, 1.54) is 10.5 Å². The average molecular weight is 266 g/mol. The molecule has 18 heavy (non-hydrogen) atoms. The lowest BCUT2D eigenvalue weighted by atomic mass is 10.2. The van der Waals surface area contributed by atoms with E-state index in [4.69, 9.17) is 0 Å². The van der Waals surface area contributed by atoms with Crippen molar-refractivity contribution in [1.29, 1.82) is 0 Å². The van der Waals surface area contributed by atoms with Gasteiger partial charge in [-0.25, -0.2) is 0 Å². The summed E-state index contributed by atoms with van der Waals surface area (Å²) in [6, 6.07) is 8.37. The Morgan fingerprint density at radius 1 is 1.28 bits per heavy atom. The third kappa shape index (κ3) is 6.07. The molecule has 0 unspecified atom stereocenters. The van der Waals surface area contributed by atoms with Crippen molar-refractivity contribution < 1.29 is 4.79 Å². The van der Waals surface area contributed by atoms with Crippen LogP contribution in [0, 0.1) is 5.92 Å². The van der Waals surface area contributed by atoms with Gasteiger partial charge in [-0.05, 0) is 29.9 Å². The minimum atomic E-state index is 0.0597. The van der Waals surface area contributed by atoms with Gasteiger partial charge in [-0.1, -0.05) is 26.0 Å². The van der Waals surface area contributed by atoms with Crippen molar-refractivity contribution in [3.63, 3.8) is 0 Å². The van der Waals surface area contributed by atoms with E-state index in [9.17, 15) is 4.79 Å². The maximum absolute atomic E-state index is 11.5. The predicted molar refractivity (Wildman–Crippen MR) is 77.8 cm³/mol. The maximum Gasteiger partial charge on any atom is 0.233 e. The number of nitrogens with one attached hydrogen (secondary N) is 2. The standard InChI is InChI=1S/C14H22N2OS/c1-11(2)8-16-14(17)10-15-9-12-4-6-13(18-3)7-5-12/h4-7,11,15H,8-10H2,1-3H3,(H,16,17). The average Bonchev–Trinajstić information content (AvgIpc) is 2.37. The molecule has 4 heteroatoms. The SMILES string of the molecule is CSc1ccc(CNCC(=O)NCC(C)C)cc1. The highest BCUT2D eigenvalue weighted by atomic mass is 32.2. The topological polar surface area (TPSA) is 41.1 Å². The third-order valence-electron chi connectivity index (χ3n) is 2.48. The van der Waals surface area contributed by atoms with Crippen LogP contribution in [0.25, 0.3) is 0 Å². The number of thioether (sulfide) groups is 1. The van der Waals surface area contributed by atoms with Crippen LogP contribution in [0.1, 0.15) is 19.4 Å². The molecule has 0 aliphatic heterocycles. The zero-order valence-corrected chi connectivity index (χ0v) is 12.1. The van der Waals surface area contributed by atoms with Crippen molar-refractivity contribution in [2.24, 2.45) is 5.92 Å². The van der Waals surface area contributed by atoms with Gasteiger partial charge in [-0.3, -0.25) is 4.79 Å². The predicted octanol–water partition coefficient (Wildman–Crippen LogP) is 2.27. The number of benzene rings is 1. The number of hydrogen-bond acceptors (Lipinski definition) is 3. The van der Waals surface area contributed by atoms with Crippen LogP contribution in [0.15, 0.2) is 29.2 Å². The van der Waals surface area contributed by atoms with Gasteiger partial charge in [0.05, 0.1) is 6.54 Å². The Morgan fingerprint density at radius 2 is 1.94 bits per heavy atom. The Morgan fingerprint density at radius 3 is 2.50 bits per heavy atom. The first-order valence-corrected chi connectivity index (χ1v) is 7.44. The van der Waals surface area contributed by atoms with Crippen LogP contribution < -0.4 is 10.6 Å². The fourth-order valence-corrected chi connectivity index (χ4v) is 1.85. The van der Waals surface area contributed by atoms with Crippen LogP contribution >= 0.6 is 11.8 Å². The summed E-state index contributed by atoms with van der Waals surface area (Å²) in [5, 5.41) is 6.03. The molecule has 0 atom stereocenters. The lowest BCUT2D eigenvalue weighted by Crippen LogP contribution is -2.35. The molecule has 3 nitrogen and oxygen atoms in total. The highest BCUT2D eigenvalue weighted by Gasteiger charge is 2.01. The molecule has 0 saturated carbocycles. The summed E-state index contributed by atoms with van der Waals surface area (Å²) < 4.78 is 0. The van der Waals surface area contributed by atoms with E-state index in [0.717, 1.165) is 13.1 Å². The molecular weight excluding hydrogens is 244 g/mol. The van der Waals surface area contributed by atoms with E-state index in [0.29, 0.717) is 12.5 Å². The second kappa shape index (κ2) is 8.16. The molecule has 0 saturated heterocycles. The Hall–Kier alpha value is -1.00. The molecule has 1 aromatic carbocycles. The van der Waals surface area contributed by atoms with E-state index in [1.54, 1.807) is 11.8 Å². The van der Waals surface area contributed by atoms with Gasteiger partial charge < -0.3 is 10.6 Å². The van der Waals surface area contributed by atoms with Gasteiger partial charge in [-0.15, -0.1) is 11.8 Å². The number of rotatable bonds is 7. The lowest BCUT2D eigenvalue weighted by Gasteiger charge is -2.08. The zero-order valence-electron chi connectivity index (χ0n) is 11.3. The summed E-state index contributed by atoms with van der Waals surface area (Å²) in [5.74, 6) is 0.553. The second-order valence-corrected chi connectivity index (χ2v) is 5.53. The summed E-state index contributed by atoms with van der Waals surface area (Å²) in [4.78, 5) is 12.7. The Labute approximate surface area is 114 Å². The van der Waals surface area contributed by atoms with Crippen LogP contribution in [0.2, 0.25) is 0 Å². The fraction of sp³-hybridized carbons (Fsp3) is 0.500. The van der Waals surface area contributed by atoms with Crippen molar-refractivity contribution >= 4 is 17.7 Å². The fourth-order valence-electron chi connectivity index (χ4n) is 1.44. The van der Waals surface area contributed by atoms with Crippen molar-refractivity contribution in [1.82, 2.24) is 10.6 Å². The van der Waals surface area contributed by atoms with Crippen molar-refractivity contribution in [2.45, 2.75) is 25.3 Å². The van der Waals surface area contributed by atoms with Gasteiger partial charge in [0.2, 0.25) is 5.91 Å². The van der Waals surface area contributed by atoms with Crippen LogP contribution in [-0.2, 0) is 11.3 Å². The molecule has 0 heterocycles. The van der Waals surface area contributed by atoms with Crippen LogP contribution in [-0.4, -0.2) is 25.3 Å². The van der Waals surface area contributed by atoms with E-state index in [-0.39, 0.29) is 5.91 Å². The van der Waals surface area contributed by atoms with Gasteiger partial charge >= 0.3 is 0 Å². The number of amides is 1. The second-order valence-electron chi connectivity index (χ2n) is 4.65. The van der Waals surface area contributed by atoms with E-state index in [1.807, 2.05) is 0 Å². The van der Waals surface area contributed by atoms with Crippen LogP contribution in [0.4, 0.5) is 0 Å². The first-order chi connectivity index (χ1) is 8.61. The molecule has 0 aromatic heterocycles. The van der Waals surface area contributed by atoms with Crippen LogP contribution in [0.3, 0.4) is 0 Å². The van der Waals surface area contributed by atoms with E-state index < -0.39 is 0 Å². The van der Waals surface area contributed by atoms with Gasteiger partial charge in [0.25, 0.3) is 0 Å². The van der Waals surface area contributed by atoms with E-state index in [2.05, 4.69) is 55.0 Å². The largest absolute Gasteiger partial charge is 0.355 e. The molecule has 1 amide bonds. The summed E-state index contributed by atoms with van der Waals surface area (Å²) in [5.41, 5.74) is 1.20. The molecule has 0 bridgehead atoms. The highest BCUT2D eigenvalue weighted by molar-refractivity contribution is 7.98. The van der Waals surface area contributed by atoms with Crippen molar-refractivity contribution in [3.05, 3.63) is 29.8 Å². The molecular formula is C14H22N2OS. The summed E-state index contributed by atoms with van der Waals surface area (Å²) in [6.45, 7) is 6.01. The highest BCUT2D eigenvalue weighted by Crippen LogP contribution is 2.14. The molecule has 0 spiro atoms. The van der Waals surface area contributed by atoms with Crippen LogP contribution in [0.5, 0.6) is 0 Å². The van der Waals surface area contributed by atoms with Gasteiger partial charge in [-0.2, -0.15) is 0 Å². The van der Waals surface area contributed by atoms with Crippen molar-refractivity contribution in [2.75, 3.05) is 19.3 Å². The monoisotopic (exact) mass is 266 g/mol. The smallest absolute Gasteiger partial charge is 0.233 e. The molecule has 2 N–H and O–H groups in total. The molecule has 0 aliphatic carbocycles. The normalized spacial score (nSPS) is 10.7. The van der Waals surface area contributed by atoms with Gasteiger partial charge in [0.15, 0.2) is 0 Å². The Kier molecular flexibility index (Phi) is 6.83. The number of carbonyl (C=O) groups excluding carboxylic acids is 1. The van der Waals surface area contributed by atoms with Crippen molar-refractivity contribution in [3.8, 4) is 0 Å². The quantitative estimate of drug-likeness (QED) is 0.744. The summed E-state index contributed by atoms with van der Waals surface area (Å²) in [7, 11) is 0. The Bertz CT molecular complexity index is 363. The van der Waals surface area contributed by atoms with E-state index >= 15 is 0 Å². The first-order valence-electron chi connectivity index (χ1n) is 6.22. The lowest BCUT2D eigenvalue weighted by molar-refractivity contribution is -0.120. The molecule has 0 radical (unpaired) electrons. The molecule has 1 aromatic rings. The molecule has 100 valence electrons. The zero-order chi connectivity index (χ0) is 13.4. The summed E-state index contributed by atoms with van der Waals surface area (Å²) >= 11 is 1.73. The van der Waals surface area contributed by atoms with Gasteiger partial charge in [0.1, 0.15) is 0 Å². The maximum atomic E-state index is 11.5.